The van der Waals surface area contributed by atoms with Gasteiger partial charge in [0, 0.05) is 11.1 Å². The Bertz CT molecular complexity index is 2270. The van der Waals surface area contributed by atoms with Gasteiger partial charge in [-0.3, -0.25) is 0 Å². The molecule has 0 aliphatic carbocycles. The summed E-state index contributed by atoms with van der Waals surface area (Å²) >= 11 is 5.79. The van der Waals surface area contributed by atoms with Crippen molar-refractivity contribution in [3.63, 3.8) is 0 Å². The van der Waals surface area contributed by atoms with Gasteiger partial charge in [-0.25, -0.2) is 0 Å². The second-order valence-electron chi connectivity index (χ2n) is 22.0. The highest BCUT2D eigenvalue weighted by Gasteiger charge is 2.37. The first kappa shape index (κ1) is 55.1. The Kier molecular flexibility index (Phi) is 19.4. The van der Waals surface area contributed by atoms with Gasteiger partial charge >= 0.3 is 0 Å². The van der Waals surface area contributed by atoms with Crippen molar-refractivity contribution in [3.05, 3.63) is 42.9 Å². The van der Waals surface area contributed by atoms with Crippen molar-refractivity contribution >= 4 is 47.0 Å². The van der Waals surface area contributed by atoms with E-state index in [0.717, 1.165) is 105 Å². The minimum atomic E-state index is -0.258. The maximum absolute atomic E-state index is 9.85. The van der Waals surface area contributed by atoms with Crippen LogP contribution in [0.4, 0.5) is 0 Å². The fourth-order valence-electron chi connectivity index (χ4n) is 8.45. The van der Waals surface area contributed by atoms with Crippen LogP contribution in [0.15, 0.2) is 51.3 Å². The molecule has 4 rings (SSSR count). The molecule has 2 aromatic carbocycles. The zero-order chi connectivity index (χ0) is 49.4. The highest BCUT2D eigenvalue weighted by molar-refractivity contribution is 8.25. The van der Waals surface area contributed by atoms with Crippen LogP contribution >= 0.6 is 47.0 Å². The van der Waals surface area contributed by atoms with Crippen LogP contribution in [0, 0.1) is 68.0 Å². The highest BCUT2D eigenvalue weighted by Crippen LogP contribution is 2.62. The second kappa shape index (κ2) is 23.2. The van der Waals surface area contributed by atoms with E-state index in [9.17, 15) is 21.0 Å². The van der Waals surface area contributed by atoms with Crippen LogP contribution in [0.3, 0.4) is 0 Å². The number of benzene rings is 2. The Morgan fingerprint density at radius 3 is 1.48 bits per heavy atom. The summed E-state index contributed by atoms with van der Waals surface area (Å²) in [6.07, 6.45) is 7.68. The predicted octanol–water partition coefficient (Wildman–Crippen LogP) is 16.7. The maximum atomic E-state index is 9.85. The quantitative estimate of drug-likeness (QED) is 0.117. The number of fused-ring (bicyclic) bond motifs is 2. The molecule has 358 valence electrons. The fourth-order valence-corrected chi connectivity index (χ4v) is 13.5. The molecule has 0 spiro atoms. The highest BCUT2D eigenvalue weighted by atomic mass is 32.2. The van der Waals surface area contributed by atoms with Gasteiger partial charge in [-0.2, -0.15) is 21.0 Å². The monoisotopic (exact) mass is 970 g/mol. The minimum Gasteiger partial charge on any atom is -0.492 e. The van der Waals surface area contributed by atoms with Gasteiger partial charge in [0.25, 0.3) is 0 Å². The molecule has 0 amide bonds. The van der Waals surface area contributed by atoms with Gasteiger partial charge in [0.15, 0.2) is 0 Å². The van der Waals surface area contributed by atoms with Gasteiger partial charge < -0.3 is 18.9 Å². The summed E-state index contributed by atoms with van der Waals surface area (Å²) in [6, 6.07) is 12.7. The number of nitriles is 4. The van der Waals surface area contributed by atoms with Gasteiger partial charge in [0.1, 0.15) is 58.4 Å². The summed E-state index contributed by atoms with van der Waals surface area (Å²) in [6.45, 7) is 36.5. The van der Waals surface area contributed by atoms with Crippen molar-refractivity contribution in [1.29, 1.82) is 21.0 Å². The van der Waals surface area contributed by atoms with Gasteiger partial charge in [-0.15, -0.1) is 0 Å². The molecule has 0 bridgehead atoms. The smallest absolute Gasteiger partial charge is 0.150 e. The van der Waals surface area contributed by atoms with Crippen LogP contribution < -0.4 is 18.9 Å². The standard InChI is InChI=1S/C54H74N4O4S4/c1-17-35(18-2)31-59-41-23-39(52(9,10)11)43(47-45(41)63-49(65-47)37(27-55)28-56)60-32-36(19-3)21-20-22-54(15,16)26-34(5)61-42-24-40(53(12,13)14)44(62-33(4)25-51(6,7)8)48-46(42)64-50(66-48)38(29-57)30-58/h23-24,33-36H,17-22,25-26,31-32H2,1-16H3. The lowest BCUT2D eigenvalue weighted by atomic mass is 9.81. The second-order valence-corrected chi connectivity index (χ2v) is 26.6. The number of rotatable bonds is 20. The van der Waals surface area contributed by atoms with E-state index in [0.29, 0.717) is 33.5 Å². The average Bonchev–Trinajstić information content (AvgIpc) is 3.86. The number of hydrogen-bond acceptors (Lipinski definition) is 12. The van der Waals surface area contributed by atoms with Gasteiger partial charge in [0.05, 0.1) is 53.5 Å². The normalized spacial score (nSPS) is 15.2. The summed E-state index contributed by atoms with van der Waals surface area (Å²) in [4.78, 5) is 3.69. The number of ether oxygens (including phenoxy) is 4. The van der Waals surface area contributed by atoms with E-state index < -0.39 is 0 Å². The van der Waals surface area contributed by atoms with Crippen molar-refractivity contribution in [2.75, 3.05) is 13.2 Å². The number of hydrogen-bond donors (Lipinski definition) is 0. The minimum absolute atomic E-state index is 0.0117. The van der Waals surface area contributed by atoms with E-state index in [-0.39, 0.29) is 45.0 Å². The van der Waals surface area contributed by atoms with E-state index in [1.54, 1.807) is 0 Å². The molecule has 3 unspecified atom stereocenters. The Morgan fingerprint density at radius 1 is 0.561 bits per heavy atom. The van der Waals surface area contributed by atoms with Crippen molar-refractivity contribution in [1.82, 2.24) is 0 Å². The Hall–Kier alpha value is -3.52. The van der Waals surface area contributed by atoms with E-state index in [2.05, 4.69) is 147 Å². The summed E-state index contributed by atoms with van der Waals surface area (Å²) in [5.41, 5.74) is 1.90. The van der Waals surface area contributed by atoms with Crippen LogP contribution in [0.25, 0.3) is 0 Å². The van der Waals surface area contributed by atoms with Crippen LogP contribution in [0.1, 0.15) is 173 Å². The van der Waals surface area contributed by atoms with Gasteiger partial charge in [-0.1, -0.05) is 170 Å². The average molecular weight is 971 g/mol. The number of allylic oxidation sites excluding steroid dienone is 2. The van der Waals surface area contributed by atoms with Crippen molar-refractivity contribution in [3.8, 4) is 47.3 Å². The van der Waals surface area contributed by atoms with Crippen LogP contribution in [-0.4, -0.2) is 25.4 Å². The molecular formula is C54H74N4O4S4. The third kappa shape index (κ3) is 14.5. The van der Waals surface area contributed by atoms with E-state index in [1.807, 2.05) is 0 Å². The Morgan fingerprint density at radius 2 is 1.00 bits per heavy atom. The molecule has 66 heavy (non-hydrogen) atoms. The Balaban J connectivity index is 1.53. The molecule has 0 fully saturated rings. The van der Waals surface area contributed by atoms with Crippen LogP contribution in [0.2, 0.25) is 0 Å². The van der Waals surface area contributed by atoms with Crippen LogP contribution in [0.5, 0.6) is 23.0 Å². The van der Waals surface area contributed by atoms with Crippen molar-refractivity contribution < 1.29 is 18.9 Å². The first-order chi connectivity index (χ1) is 30.8. The molecule has 2 heterocycles. The summed E-state index contributed by atoms with van der Waals surface area (Å²) < 4.78 is 28.5. The van der Waals surface area contributed by atoms with Gasteiger partial charge in [0.2, 0.25) is 0 Å². The zero-order valence-corrected chi connectivity index (χ0v) is 45.9. The molecule has 0 saturated carbocycles. The summed E-state index contributed by atoms with van der Waals surface area (Å²) in [5.74, 6) is 3.98. The molecule has 0 aromatic heterocycles. The first-order valence-corrected chi connectivity index (χ1v) is 26.9. The molecule has 12 heteroatoms. The number of thioether (sulfide) groups is 4. The van der Waals surface area contributed by atoms with Crippen LogP contribution in [-0.2, 0) is 10.8 Å². The molecule has 2 aromatic rings. The molecule has 0 saturated heterocycles. The Labute approximate surface area is 415 Å². The SMILES string of the molecule is CCC(CC)COc1cc(C(C)(C)C)c(OCC(CC)CCCC(C)(C)CC(C)Oc2cc(C(C)(C)C)c(OC(C)CC(C)(C)C)c3c2SC(=C(C#N)C#N)S3)c2c1SC(=C(C#N)C#N)S2. The molecular weight excluding hydrogens is 897 g/mol. The zero-order valence-electron chi connectivity index (χ0n) is 42.6. The fraction of sp³-hybridized carbons (Fsp3) is 0.630. The van der Waals surface area contributed by atoms with E-state index in [4.69, 9.17) is 18.9 Å². The maximum Gasteiger partial charge on any atom is 0.150 e. The number of nitrogens with zero attached hydrogens (tertiary/aromatic N) is 4. The summed E-state index contributed by atoms with van der Waals surface area (Å²) in [7, 11) is 0. The van der Waals surface area contributed by atoms with E-state index in [1.165, 1.54) is 47.0 Å². The predicted molar refractivity (Wildman–Crippen MR) is 276 cm³/mol. The van der Waals surface area contributed by atoms with Gasteiger partial charge in [-0.05, 0) is 85.2 Å². The lowest BCUT2D eigenvalue weighted by molar-refractivity contribution is 0.133. The lowest BCUT2D eigenvalue weighted by Crippen LogP contribution is -2.25. The molecule has 2 aliphatic rings. The third-order valence-electron chi connectivity index (χ3n) is 12.1. The molecule has 0 N–H and O–H groups in total. The van der Waals surface area contributed by atoms with Crippen molar-refractivity contribution in [2.45, 2.75) is 205 Å². The molecule has 8 nitrogen and oxygen atoms in total. The topological polar surface area (TPSA) is 132 Å². The molecule has 3 atom stereocenters. The third-order valence-corrected chi connectivity index (χ3v) is 17.3. The summed E-state index contributed by atoms with van der Waals surface area (Å²) in [5, 5.41) is 39.3. The van der Waals surface area contributed by atoms with E-state index >= 15 is 0 Å². The first-order valence-electron chi connectivity index (χ1n) is 23.7. The largest absolute Gasteiger partial charge is 0.492 e. The molecule has 0 radical (unpaired) electrons. The molecule has 2 aliphatic heterocycles. The van der Waals surface area contributed by atoms with Crippen molar-refractivity contribution in [2.24, 2.45) is 22.7 Å². The lowest BCUT2D eigenvalue weighted by Gasteiger charge is -2.32.